The van der Waals surface area contributed by atoms with Gasteiger partial charge in [0.1, 0.15) is 5.52 Å². The Morgan fingerprint density at radius 2 is 1.89 bits per heavy atom. The minimum absolute atomic E-state index is 0.412. The molecule has 0 unspecified atom stereocenters. The molecule has 2 aromatic heterocycles. The topological polar surface area (TPSA) is 69.2 Å². The van der Waals surface area contributed by atoms with Crippen LogP contribution in [0.5, 0.6) is 5.88 Å². The summed E-state index contributed by atoms with van der Waals surface area (Å²) in [5.74, 6) is 0.974. The highest BCUT2D eigenvalue weighted by atomic mass is 16.5. The van der Waals surface area contributed by atoms with Crippen molar-refractivity contribution in [2.75, 3.05) is 19.4 Å². The Balaban J connectivity index is 1.76. The van der Waals surface area contributed by atoms with Gasteiger partial charge in [-0.15, -0.1) is 0 Å². The molecular weight excluding hydrogens is 350 g/mol. The number of imidazole rings is 1. The van der Waals surface area contributed by atoms with Crippen LogP contribution >= 0.6 is 0 Å². The standard InChI is InChI=1S/C22H31N5O/c1-5-6-11-28-20-12-19-21(22(23)25-20)24-15-27(19)14-18-9-7-17(8-10-18)13-26(4)16(2)3/h7-10,12,15-16H,5-6,11,13-14H2,1-4H3,(H2,23,25). The Kier molecular flexibility index (Phi) is 6.52. The van der Waals surface area contributed by atoms with E-state index in [2.05, 4.69) is 71.5 Å². The Hall–Kier alpha value is -2.60. The highest BCUT2D eigenvalue weighted by molar-refractivity contribution is 5.85. The van der Waals surface area contributed by atoms with E-state index in [9.17, 15) is 0 Å². The van der Waals surface area contributed by atoms with Crippen molar-refractivity contribution in [3.8, 4) is 5.88 Å². The number of pyridine rings is 1. The van der Waals surface area contributed by atoms with Crippen LogP contribution in [0.2, 0.25) is 0 Å². The average molecular weight is 382 g/mol. The number of ether oxygens (including phenoxy) is 1. The maximum Gasteiger partial charge on any atom is 0.217 e. The van der Waals surface area contributed by atoms with Gasteiger partial charge in [-0.1, -0.05) is 37.6 Å². The van der Waals surface area contributed by atoms with Crippen molar-refractivity contribution < 1.29 is 4.74 Å². The Morgan fingerprint density at radius 1 is 1.18 bits per heavy atom. The summed E-state index contributed by atoms with van der Waals surface area (Å²) in [7, 11) is 2.15. The first-order chi connectivity index (χ1) is 13.5. The summed E-state index contributed by atoms with van der Waals surface area (Å²) < 4.78 is 7.84. The minimum atomic E-state index is 0.412. The largest absolute Gasteiger partial charge is 0.478 e. The maximum absolute atomic E-state index is 6.09. The second-order valence-electron chi connectivity index (χ2n) is 7.61. The summed E-state index contributed by atoms with van der Waals surface area (Å²) in [5.41, 5.74) is 10.3. The van der Waals surface area contributed by atoms with Gasteiger partial charge in [0.25, 0.3) is 0 Å². The fourth-order valence-corrected chi connectivity index (χ4v) is 3.00. The molecule has 0 fully saturated rings. The van der Waals surface area contributed by atoms with E-state index in [1.807, 2.05) is 12.4 Å². The molecule has 0 atom stereocenters. The van der Waals surface area contributed by atoms with Crippen molar-refractivity contribution in [3.63, 3.8) is 0 Å². The van der Waals surface area contributed by atoms with E-state index in [0.29, 0.717) is 24.3 Å². The van der Waals surface area contributed by atoms with Crippen LogP contribution in [0.25, 0.3) is 11.0 Å². The van der Waals surface area contributed by atoms with Gasteiger partial charge in [0.15, 0.2) is 5.82 Å². The molecular formula is C22H31N5O. The summed E-state index contributed by atoms with van der Waals surface area (Å²) >= 11 is 0. The third-order valence-electron chi connectivity index (χ3n) is 5.05. The summed E-state index contributed by atoms with van der Waals surface area (Å²) in [6, 6.07) is 11.2. The number of aromatic nitrogens is 3. The molecule has 6 nitrogen and oxygen atoms in total. The molecule has 150 valence electrons. The van der Waals surface area contributed by atoms with Crippen LogP contribution in [0.3, 0.4) is 0 Å². The van der Waals surface area contributed by atoms with Gasteiger partial charge >= 0.3 is 0 Å². The second-order valence-corrected chi connectivity index (χ2v) is 7.61. The zero-order valence-corrected chi connectivity index (χ0v) is 17.4. The first kappa shape index (κ1) is 20.1. The van der Waals surface area contributed by atoms with E-state index in [4.69, 9.17) is 10.5 Å². The minimum Gasteiger partial charge on any atom is -0.478 e. The fourth-order valence-electron chi connectivity index (χ4n) is 3.00. The van der Waals surface area contributed by atoms with Crippen LogP contribution < -0.4 is 10.5 Å². The van der Waals surface area contributed by atoms with E-state index in [1.165, 1.54) is 11.1 Å². The van der Waals surface area contributed by atoms with E-state index >= 15 is 0 Å². The molecule has 0 aliphatic rings. The SMILES string of the molecule is CCCCOc1cc2c(ncn2Cc2ccc(CN(C)C(C)C)cc2)c(N)n1. The summed E-state index contributed by atoms with van der Waals surface area (Å²) in [6.07, 6.45) is 3.90. The number of nitrogen functional groups attached to an aromatic ring is 1. The number of hydrogen-bond donors (Lipinski definition) is 1. The van der Waals surface area contributed by atoms with Gasteiger partial charge in [-0.25, -0.2) is 4.98 Å². The van der Waals surface area contributed by atoms with E-state index in [-0.39, 0.29) is 0 Å². The van der Waals surface area contributed by atoms with E-state index in [0.717, 1.165) is 37.0 Å². The van der Waals surface area contributed by atoms with Crippen LogP contribution in [0, 0.1) is 0 Å². The van der Waals surface area contributed by atoms with Crippen molar-refractivity contribution >= 4 is 16.9 Å². The quantitative estimate of drug-likeness (QED) is 0.566. The number of nitrogens with two attached hydrogens (primary N) is 1. The molecule has 2 heterocycles. The van der Waals surface area contributed by atoms with Crippen LogP contribution in [-0.4, -0.2) is 39.1 Å². The molecule has 0 radical (unpaired) electrons. The maximum atomic E-state index is 6.09. The molecule has 0 spiro atoms. The third-order valence-corrected chi connectivity index (χ3v) is 5.05. The monoisotopic (exact) mass is 381 g/mol. The van der Waals surface area contributed by atoms with Crippen molar-refractivity contribution in [3.05, 3.63) is 47.8 Å². The van der Waals surface area contributed by atoms with Crippen molar-refractivity contribution in [1.82, 2.24) is 19.4 Å². The number of rotatable bonds is 9. The molecule has 0 amide bonds. The van der Waals surface area contributed by atoms with E-state index < -0.39 is 0 Å². The van der Waals surface area contributed by atoms with Crippen LogP contribution in [0.1, 0.15) is 44.7 Å². The lowest BCUT2D eigenvalue weighted by Gasteiger charge is -2.21. The van der Waals surface area contributed by atoms with Gasteiger partial charge in [0.05, 0.1) is 18.5 Å². The lowest BCUT2D eigenvalue weighted by atomic mass is 10.1. The second kappa shape index (κ2) is 9.06. The van der Waals surface area contributed by atoms with Crippen molar-refractivity contribution in [1.29, 1.82) is 0 Å². The van der Waals surface area contributed by atoms with E-state index in [1.54, 1.807) is 0 Å². The molecule has 0 bridgehead atoms. The molecule has 0 saturated heterocycles. The molecule has 0 aliphatic carbocycles. The summed E-state index contributed by atoms with van der Waals surface area (Å²) in [5, 5.41) is 0. The van der Waals surface area contributed by atoms with Gasteiger partial charge in [-0.3, -0.25) is 4.90 Å². The molecule has 0 aliphatic heterocycles. The number of hydrogen-bond acceptors (Lipinski definition) is 5. The molecule has 6 heteroatoms. The lowest BCUT2D eigenvalue weighted by Crippen LogP contribution is -2.25. The predicted molar refractivity (Wildman–Crippen MR) is 114 cm³/mol. The Labute approximate surface area is 167 Å². The number of fused-ring (bicyclic) bond motifs is 1. The van der Waals surface area contributed by atoms with Crippen LogP contribution in [0.4, 0.5) is 5.82 Å². The third kappa shape index (κ3) is 4.81. The van der Waals surface area contributed by atoms with Crippen LogP contribution in [-0.2, 0) is 13.1 Å². The molecule has 2 N–H and O–H groups in total. The van der Waals surface area contributed by atoms with Gasteiger partial charge in [-0.05, 0) is 38.4 Å². The molecule has 3 aromatic rings. The molecule has 0 saturated carbocycles. The van der Waals surface area contributed by atoms with Gasteiger partial charge < -0.3 is 15.0 Å². The summed E-state index contributed by atoms with van der Waals surface area (Å²) in [6.45, 7) is 8.88. The zero-order chi connectivity index (χ0) is 20.1. The van der Waals surface area contributed by atoms with Crippen LogP contribution in [0.15, 0.2) is 36.7 Å². The number of unbranched alkanes of at least 4 members (excludes halogenated alkanes) is 1. The van der Waals surface area contributed by atoms with Crippen molar-refractivity contribution in [2.45, 2.75) is 52.7 Å². The van der Waals surface area contributed by atoms with Gasteiger partial charge in [0, 0.05) is 25.2 Å². The van der Waals surface area contributed by atoms with Gasteiger partial charge in [0.2, 0.25) is 5.88 Å². The number of anilines is 1. The fraction of sp³-hybridized carbons (Fsp3) is 0.455. The Morgan fingerprint density at radius 3 is 2.57 bits per heavy atom. The molecule has 28 heavy (non-hydrogen) atoms. The zero-order valence-electron chi connectivity index (χ0n) is 17.4. The molecule has 1 aromatic carbocycles. The lowest BCUT2D eigenvalue weighted by molar-refractivity contribution is 0.266. The highest BCUT2D eigenvalue weighted by Gasteiger charge is 2.11. The summed E-state index contributed by atoms with van der Waals surface area (Å²) in [4.78, 5) is 11.1. The molecule has 3 rings (SSSR count). The Bertz CT molecular complexity index is 901. The highest BCUT2D eigenvalue weighted by Crippen LogP contribution is 2.24. The smallest absolute Gasteiger partial charge is 0.217 e. The normalized spacial score (nSPS) is 11.6. The first-order valence-electron chi connectivity index (χ1n) is 10.00. The average Bonchev–Trinajstić information content (AvgIpc) is 3.07. The predicted octanol–water partition coefficient (Wildman–Crippen LogP) is 4.08. The van der Waals surface area contributed by atoms with Crippen molar-refractivity contribution in [2.24, 2.45) is 0 Å². The first-order valence-corrected chi connectivity index (χ1v) is 10.00. The van der Waals surface area contributed by atoms with Gasteiger partial charge in [-0.2, -0.15) is 4.98 Å². The number of benzene rings is 1. The number of nitrogens with zero attached hydrogens (tertiary/aromatic N) is 4.